The number of quaternary nitrogens is 1. The van der Waals surface area contributed by atoms with Crippen LogP contribution in [0.15, 0.2) is 35.7 Å². The Labute approximate surface area is 149 Å². The third kappa shape index (κ3) is 5.14. The van der Waals surface area contributed by atoms with Crippen LogP contribution in [0.3, 0.4) is 0 Å². The standard InChI is InChI=1S/C19H28N4O2/c1-4-23(13-21)16(11-20)17(25-12-19(3)8-9-19)18(24)22-15-7-5-6-14(2)10-15/h5-7,10-11,20H,4,8-9,12-13,21H2,1-3H3,(H,22,24)/p+1. The summed E-state index contributed by atoms with van der Waals surface area (Å²) in [5.41, 5.74) is 8.26. The Bertz CT molecular complexity index is 661. The van der Waals surface area contributed by atoms with Crippen molar-refractivity contribution in [2.45, 2.75) is 33.6 Å². The Kier molecular flexibility index (Phi) is 6.33. The molecule has 1 aromatic rings. The van der Waals surface area contributed by atoms with E-state index in [1.54, 1.807) is 10.2 Å². The molecule has 1 aromatic carbocycles. The highest BCUT2D eigenvalue weighted by Crippen LogP contribution is 2.45. The molecule has 1 aliphatic rings. The van der Waals surface area contributed by atoms with E-state index < -0.39 is 0 Å². The Morgan fingerprint density at radius 3 is 2.72 bits per heavy atom. The van der Waals surface area contributed by atoms with Crippen LogP contribution < -0.4 is 11.1 Å². The van der Waals surface area contributed by atoms with Crippen molar-refractivity contribution in [3.63, 3.8) is 0 Å². The van der Waals surface area contributed by atoms with E-state index in [0.29, 0.717) is 18.8 Å². The number of ether oxygens (including phenoxy) is 1. The number of primary amides is 1. The number of rotatable bonds is 9. The average Bonchev–Trinajstić information content (AvgIpc) is 3.32. The summed E-state index contributed by atoms with van der Waals surface area (Å²) in [5, 5.41) is 9.32. The number of carbonyl (C=O) groups is 1. The lowest BCUT2D eigenvalue weighted by Gasteiger charge is -2.23. The Hall–Kier alpha value is -2.18. The van der Waals surface area contributed by atoms with Crippen molar-refractivity contribution in [1.82, 2.24) is 4.90 Å². The summed E-state index contributed by atoms with van der Waals surface area (Å²) in [4.78, 5) is 14.7. The van der Waals surface area contributed by atoms with Crippen molar-refractivity contribution >= 4 is 17.8 Å². The lowest BCUT2D eigenvalue weighted by atomic mass is 10.2. The number of nitrogens with one attached hydrogen (secondary N) is 1. The molecule has 0 aliphatic heterocycles. The summed E-state index contributed by atoms with van der Waals surface area (Å²) in [6, 6.07) is 7.73. The van der Waals surface area contributed by atoms with Crippen LogP contribution in [-0.2, 0) is 9.53 Å². The quantitative estimate of drug-likeness (QED) is 0.208. The zero-order chi connectivity index (χ0) is 18.4. The van der Waals surface area contributed by atoms with Crippen molar-refractivity contribution in [3.05, 3.63) is 41.3 Å². The first-order valence-electron chi connectivity index (χ1n) is 8.71. The van der Waals surface area contributed by atoms with Gasteiger partial charge in [0.25, 0.3) is 0 Å². The Morgan fingerprint density at radius 2 is 2.20 bits per heavy atom. The minimum atomic E-state index is -0.236. The fourth-order valence-corrected chi connectivity index (χ4v) is 2.55. The second-order valence-electron chi connectivity index (χ2n) is 6.92. The normalized spacial score (nSPS) is 16.0. The summed E-state index contributed by atoms with van der Waals surface area (Å²) in [7, 11) is 0. The lowest BCUT2D eigenvalue weighted by molar-refractivity contribution is -0.481. The summed E-state index contributed by atoms with van der Waals surface area (Å²) in [6.45, 7) is 7.37. The monoisotopic (exact) mass is 345 g/mol. The van der Waals surface area contributed by atoms with E-state index in [9.17, 15) is 4.79 Å². The predicted octanol–water partition coefficient (Wildman–Crippen LogP) is 1.63. The maximum absolute atomic E-state index is 12.9. The van der Waals surface area contributed by atoms with Gasteiger partial charge in [0.2, 0.25) is 5.76 Å². The molecule has 6 heteroatoms. The summed E-state index contributed by atoms with van der Waals surface area (Å²) in [6.07, 6.45) is 3.36. The molecule has 0 unspecified atom stereocenters. The zero-order valence-electron chi connectivity index (χ0n) is 15.3. The average molecular weight is 345 g/mol. The molecule has 1 saturated carbocycles. The van der Waals surface area contributed by atoms with Crippen LogP contribution in [0.4, 0.5) is 5.69 Å². The van der Waals surface area contributed by atoms with Crippen molar-refractivity contribution in [2.24, 2.45) is 11.1 Å². The highest BCUT2D eigenvalue weighted by molar-refractivity contribution is 5.92. The minimum Gasteiger partial charge on any atom is -0.483 e. The summed E-state index contributed by atoms with van der Waals surface area (Å²) >= 11 is 0. The highest BCUT2D eigenvalue weighted by Gasteiger charge is 2.39. The lowest BCUT2D eigenvalue weighted by Crippen LogP contribution is -2.83. The number of allylic oxidation sites excluding steroid dienone is 1. The fraction of sp³-hybridized carbons (Fsp3) is 0.474. The fourth-order valence-electron chi connectivity index (χ4n) is 2.55. The SMILES string of the molecule is CCN(CN)C(C=N)=C(OCC1(C)CC1)C(=O)[NH2+]c1cccc(C)c1. The van der Waals surface area contributed by atoms with Gasteiger partial charge in [0.15, 0.2) is 0 Å². The molecule has 25 heavy (non-hydrogen) atoms. The second kappa shape index (κ2) is 8.27. The molecule has 0 atom stereocenters. The van der Waals surface area contributed by atoms with Crippen molar-refractivity contribution in [1.29, 1.82) is 5.41 Å². The molecule has 0 bridgehead atoms. The molecule has 6 nitrogen and oxygen atoms in total. The molecule has 1 aliphatic carbocycles. The maximum atomic E-state index is 12.9. The van der Waals surface area contributed by atoms with Crippen LogP contribution >= 0.6 is 0 Å². The van der Waals surface area contributed by atoms with Gasteiger partial charge < -0.3 is 20.8 Å². The van der Waals surface area contributed by atoms with Crippen molar-refractivity contribution in [3.8, 4) is 0 Å². The van der Waals surface area contributed by atoms with Gasteiger partial charge in [-0.1, -0.05) is 19.1 Å². The van der Waals surface area contributed by atoms with E-state index in [0.717, 1.165) is 30.3 Å². The van der Waals surface area contributed by atoms with E-state index in [2.05, 4.69) is 6.92 Å². The number of benzene rings is 1. The molecule has 2 rings (SSSR count). The topological polar surface area (TPSA) is 96.0 Å². The molecule has 1 fully saturated rings. The first-order valence-corrected chi connectivity index (χ1v) is 8.71. The van der Waals surface area contributed by atoms with E-state index >= 15 is 0 Å². The summed E-state index contributed by atoms with van der Waals surface area (Å²) < 4.78 is 5.92. The first kappa shape index (κ1) is 19.1. The number of amides is 1. The minimum absolute atomic E-state index is 0.141. The van der Waals surface area contributed by atoms with E-state index in [-0.39, 0.29) is 23.8 Å². The largest absolute Gasteiger partial charge is 0.483 e. The van der Waals surface area contributed by atoms with Crippen LogP contribution in [0.5, 0.6) is 0 Å². The summed E-state index contributed by atoms with van der Waals surface area (Å²) in [5.74, 6) is -0.0304. The molecule has 0 spiro atoms. The van der Waals surface area contributed by atoms with Crippen LogP contribution in [0.2, 0.25) is 0 Å². The number of aryl methyl sites for hydroxylation is 1. The predicted molar refractivity (Wildman–Crippen MR) is 98.3 cm³/mol. The number of hydrogen-bond donors (Lipinski definition) is 3. The molecule has 0 saturated heterocycles. The van der Waals surface area contributed by atoms with Crippen LogP contribution in [-0.4, -0.2) is 36.8 Å². The van der Waals surface area contributed by atoms with Crippen molar-refractivity contribution < 1.29 is 14.8 Å². The third-order valence-electron chi connectivity index (χ3n) is 4.54. The van der Waals surface area contributed by atoms with Crippen LogP contribution in [0.1, 0.15) is 32.3 Å². The Morgan fingerprint density at radius 1 is 1.48 bits per heavy atom. The molecule has 5 N–H and O–H groups in total. The van der Waals surface area contributed by atoms with Gasteiger partial charge in [0, 0.05) is 24.2 Å². The van der Waals surface area contributed by atoms with Gasteiger partial charge in [0.1, 0.15) is 11.4 Å². The maximum Gasteiger partial charge on any atom is 0.384 e. The molecular weight excluding hydrogens is 316 g/mol. The number of nitrogens with zero attached hydrogens (tertiary/aromatic N) is 1. The highest BCUT2D eigenvalue weighted by atomic mass is 16.5. The van der Waals surface area contributed by atoms with E-state index in [1.807, 2.05) is 38.1 Å². The van der Waals surface area contributed by atoms with Gasteiger partial charge in [-0.3, -0.25) is 0 Å². The molecule has 1 amide bonds. The van der Waals surface area contributed by atoms with Gasteiger partial charge in [0.05, 0.1) is 13.3 Å². The molecule has 0 heterocycles. The molecule has 0 radical (unpaired) electrons. The zero-order valence-corrected chi connectivity index (χ0v) is 15.3. The van der Waals surface area contributed by atoms with Gasteiger partial charge >= 0.3 is 5.91 Å². The van der Waals surface area contributed by atoms with Crippen LogP contribution in [0, 0.1) is 17.7 Å². The first-order chi connectivity index (χ1) is 11.9. The number of carbonyl (C=O) groups excluding carboxylic acids is 1. The van der Waals surface area contributed by atoms with E-state index in [1.165, 1.54) is 0 Å². The Balaban J connectivity index is 2.28. The van der Waals surface area contributed by atoms with Gasteiger partial charge in [-0.25, -0.2) is 10.1 Å². The molecule has 0 aromatic heterocycles. The third-order valence-corrected chi connectivity index (χ3v) is 4.54. The van der Waals surface area contributed by atoms with Gasteiger partial charge in [-0.15, -0.1) is 0 Å². The number of nitrogens with two attached hydrogens (primary N) is 2. The molecular formula is C19H29N4O2+. The van der Waals surface area contributed by atoms with E-state index in [4.69, 9.17) is 15.9 Å². The smallest absolute Gasteiger partial charge is 0.384 e. The molecule has 136 valence electrons. The van der Waals surface area contributed by atoms with Gasteiger partial charge in [-0.2, -0.15) is 0 Å². The van der Waals surface area contributed by atoms with Gasteiger partial charge in [-0.05, 0) is 38.3 Å². The van der Waals surface area contributed by atoms with Crippen molar-refractivity contribution in [2.75, 3.05) is 19.8 Å². The van der Waals surface area contributed by atoms with Crippen LogP contribution in [0.25, 0.3) is 0 Å². The number of hydrogen-bond acceptors (Lipinski definition) is 5. The second-order valence-corrected chi connectivity index (χ2v) is 6.92.